The summed E-state index contributed by atoms with van der Waals surface area (Å²) in [6, 6.07) is 3.92. The van der Waals surface area contributed by atoms with E-state index in [4.69, 9.17) is 27.9 Å². The summed E-state index contributed by atoms with van der Waals surface area (Å²) in [5.41, 5.74) is -1.41. The van der Waals surface area contributed by atoms with Gasteiger partial charge in [0.25, 0.3) is 5.56 Å². The quantitative estimate of drug-likeness (QED) is 0.543. The molecule has 5 rings (SSSR count). The number of benzene rings is 1. The Labute approximate surface area is 189 Å². The van der Waals surface area contributed by atoms with Crippen molar-refractivity contribution >= 4 is 34.7 Å². The Morgan fingerprint density at radius 1 is 1.25 bits per heavy atom. The zero-order valence-electron chi connectivity index (χ0n) is 16.4. The number of hydrogen-bond acceptors (Lipinski definition) is 5. The fourth-order valence-electron chi connectivity index (χ4n) is 4.64. The van der Waals surface area contributed by atoms with Crippen LogP contribution in [-0.2, 0) is 11.3 Å². The number of carbonyl (C=O) groups is 1. The van der Waals surface area contributed by atoms with Crippen LogP contribution in [0.4, 0.5) is 23.2 Å². The van der Waals surface area contributed by atoms with Crippen LogP contribution in [0.5, 0.6) is 5.75 Å². The van der Waals surface area contributed by atoms with Gasteiger partial charge < -0.3 is 10.1 Å². The van der Waals surface area contributed by atoms with Crippen LogP contribution in [0, 0.1) is 11.2 Å². The second-order valence-corrected chi connectivity index (χ2v) is 9.25. The van der Waals surface area contributed by atoms with Crippen LogP contribution in [0.2, 0.25) is 10.0 Å². The highest BCUT2D eigenvalue weighted by molar-refractivity contribution is 6.33. The third-order valence-electron chi connectivity index (χ3n) is 5.72. The maximum atomic E-state index is 13.4. The van der Waals surface area contributed by atoms with Gasteiger partial charge in [-0.2, -0.15) is 18.3 Å². The number of aromatic nitrogens is 2. The van der Waals surface area contributed by atoms with Crippen LogP contribution in [0.15, 0.2) is 29.2 Å². The number of ether oxygens (including phenoxy) is 1. The number of rotatable bonds is 8. The Balaban J connectivity index is 1.29. The molecule has 3 saturated carbocycles. The van der Waals surface area contributed by atoms with Crippen LogP contribution in [0.1, 0.15) is 25.7 Å². The van der Waals surface area contributed by atoms with Gasteiger partial charge in [-0.3, -0.25) is 9.59 Å². The van der Waals surface area contributed by atoms with Crippen molar-refractivity contribution in [1.29, 1.82) is 0 Å². The van der Waals surface area contributed by atoms with Gasteiger partial charge in [-0.25, -0.2) is 9.07 Å². The van der Waals surface area contributed by atoms with Crippen molar-refractivity contribution in [2.45, 2.75) is 43.9 Å². The van der Waals surface area contributed by atoms with Gasteiger partial charge in [-0.1, -0.05) is 23.2 Å². The summed E-state index contributed by atoms with van der Waals surface area (Å²) in [6.07, 6.45) is -1.28. The van der Waals surface area contributed by atoms with Crippen molar-refractivity contribution in [2.24, 2.45) is 5.41 Å². The molecule has 0 amide bonds. The normalized spacial score (nSPS) is 23.8. The van der Waals surface area contributed by atoms with E-state index in [2.05, 4.69) is 10.4 Å². The molecule has 0 radical (unpaired) electrons. The summed E-state index contributed by atoms with van der Waals surface area (Å²) >= 11 is 11.6. The fraction of sp³-hybridized carbons (Fsp3) is 0.450. The van der Waals surface area contributed by atoms with Crippen molar-refractivity contribution in [3.63, 3.8) is 0 Å². The predicted octanol–water partition coefficient (Wildman–Crippen LogP) is 4.62. The zero-order chi connectivity index (χ0) is 23.3. The van der Waals surface area contributed by atoms with Crippen molar-refractivity contribution in [1.82, 2.24) is 9.78 Å². The molecule has 6 nitrogen and oxygen atoms in total. The van der Waals surface area contributed by atoms with Crippen molar-refractivity contribution in [3.05, 3.63) is 50.6 Å². The molecule has 0 unspecified atom stereocenters. The minimum absolute atomic E-state index is 0.0386. The third kappa shape index (κ3) is 4.56. The number of nitrogens with one attached hydrogen (secondary N) is 1. The van der Waals surface area contributed by atoms with E-state index in [0.29, 0.717) is 19.3 Å². The number of Topliss-reactive ketones (excluding diaryl/α,β-unsaturated/α-hetero) is 1. The predicted molar refractivity (Wildman–Crippen MR) is 109 cm³/mol. The minimum Gasteiger partial charge on any atom is -0.486 e. The molecule has 1 aromatic carbocycles. The van der Waals surface area contributed by atoms with Gasteiger partial charge in [-0.15, -0.1) is 0 Å². The lowest BCUT2D eigenvalue weighted by atomic mass is 9.38. The molecule has 0 atom stereocenters. The van der Waals surface area contributed by atoms with E-state index in [1.807, 2.05) is 0 Å². The van der Waals surface area contributed by atoms with E-state index in [0.717, 1.165) is 12.3 Å². The van der Waals surface area contributed by atoms with Crippen LogP contribution >= 0.6 is 23.2 Å². The molecule has 32 heavy (non-hydrogen) atoms. The summed E-state index contributed by atoms with van der Waals surface area (Å²) in [6.45, 7) is -1.72. The van der Waals surface area contributed by atoms with Crippen molar-refractivity contribution < 1.29 is 27.1 Å². The summed E-state index contributed by atoms with van der Waals surface area (Å²) in [5.74, 6) is -0.565. The number of hydrogen-bond donors (Lipinski definition) is 1. The molecule has 2 bridgehead atoms. The van der Waals surface area contributed by atoms with E-state index in [9.17, 15) is 27.2 Å². The average molecular weight is 494 g/mol. The van der Waals surface area contributed by atoms with Crippen LogP contribution in [0.3, 0.4) is 0 Å². The summed E-state index contributed by atoms with van der Waals surface area (Å²) in [7, 11) is 0. The number of ketones is 1. The van der Waals surface area contributed by atoms with Crippen molar-refractivity contribution in [2.75, 3.05) is 11.9 Å². The molecule has 3 aliphatic rings. The Hall–Kier alpha value is -2.33. The molecule has 0 saturated heterocycles. The summed E-state index contributed by atoms with van der Waals surface area (Å²) < 4.78 is 56.5. The molecule has 3 aliphatic carbocycles. The molecule has 1 N–H and O–H groups in total. The number of carbonyl (C=O) groups excluding carboxylic acids is 1. The topological polar surface area (TPSA) is 73.2 Å². The first-order valence-electron chi connectivity index (χ1n) is 9.60. The monoisotopic (exact) mass is 493 g/mol. The first kappa shape index (κ1) is 22.8. The minimum atomic E-state index is -4.59. The van der Waals surface area contributed by atoms with E-state index >= 15 is 0 Å². The largest absolute Gasteiger partial charge is 0.486 e. The molecule has 12 heteroatoms. The maximum absolute atomic E-state index is 13.4. The molecule has 0 aliphatic heterocycles. The summed E-state index contributed by atoms with van der Waals surface area (Å²) in [4.78, 5) is 24.3. The van der Waals surface area contributed by atoms with Crippen LogP contribution in [0.25, 0.3) is 0 Å². The van der Waals surface area contributed by atoms with E-state index in [1.54, 1.807) is 0 Å². The van der Waals surface area contributed by atoms with Crippen molar-refractivity contribution in [3.8, 4) is 5.75 Å². The van der Waals surface area contributed by atoms with Gasteiger partial charge >= 0.3 is 6.18 Å². The van der Waals surface area contributed by atoms with E-state index in [1.165, 1.54) is 12.1 Å². The van der Waals surface area contributed by atoms with E-state index in [-0.39, 0.29) is 55.9 Å². The van der Waals surface area contributed by atoms with Gasteiger partial charge in [0.2, 0.25) is 0 Å². The Kier molecular flexibility index (Phi) is 5.65. The number of anilines is 1. The summed E-state index contributed by atoms with van der Waals surface area (Å²) in [5, 5.41) is 6.25. The first-order valence-corrected chi connectivity index (χ1v) is 10.4. The van der Waals surface area contributed by atoms with Crippen LogP contribution in [-0.4, -0.2) is 33.9 Å². The zero-order valence-corrected chi connectivity index (χ0v) is 18.0. The Morgan fingerprint density at radius 3 is 2.56 bits per heavy atom. The standard InChI is InChI=1S/C20H17Cl2F4N3O3/c21-13-2-1-12(3-14(13)23)32-6-11(30)4-18-7-19(8-18,9-18)28-15-5-27-29(10-20(24,25)26)17(31)16(15)22/h1-3,5,28H,4,6-10H2. The first-order chi connectivity index (χ1) is 14.9. The molecule has 1 heterocycles. The lowest BCUT2D eigenvalue weighted by molar-refractivity contribution is -0.147. The van der Waals surface area contributed by atoms with Gasteiger partial charge in [0.15, 0.2) is 5.78 Å². The molecule has 3 fully saturated rings. The number of nitrogens with zero attached hydrogens (tertiary/aromatic N) is 2. The van der Waals surface area contributed by atoms with Gasteiger partial charge in [0, 0.05) is 18.0 Å². The van der Waals surface area contributed by atoms with Gasteiger partial charge in [0.1, 0.15) is 29.7 Å². The molecular formula is C20H17Cl2F4N3O3. The molecule has 1 aromatic heterocycles. The number of alkyl halides is 3. The smallest absolute Gasteiger partial charge is 0.408 e. The maximum Gasteiger partial charge on any atom is 0.408 e. The van der Waals surface area contributed by atoms with E-state index < -0.39 is 24.1 Å². The Morgan fingerprint density at radius 2 is 1.94 bits per heavy atom. The third-order valence-corrected chi connectivity index (χ3v) is 6.39. The molecular weight excluding hydrogens is 477 g/mol. The average Bonchev–Trinajstić information content (AvgIpc) is 2.64. The SMILES string of the molecule is O=C(COc1ccc(Cl)c(F)c1)CC12CC(Nc3cnn(CC(F)(F)F)c(=O)c3Cl)(C1)C2. The highest BCUT2D eigenvalue weighted by Gasteiger charge is 2.68. The fourth-order valence-corrected chi connectivity index (χ4v) is 4.95. The molecule has 2 aromatic rings. The second-order valence-electron chi connectivity index (χ2n) is 8.47. The highest BCUT2D eigenvalue weighted by Crippen LogP contribution is 2.70. The van der Waals surface area contributed by atoms with Gasteiger partial charge in [0.05, 0.1) is 16.9 Å². The van der Waals surface area contributed by atoms with Gasteiger partial charge in [-0.05, 0) is 36.8 Å². The number of halogens is 6. The lowest BCUT2D eigenvalue weighted by Gasteiger charge is -2.71. The Bertz CT molecular complexity index is 1120. The van der Waals surface area contributed by atoms with Crippen LogP contribution < -0.4 is 15.6 Å². The lowest BCUT2D eigenvalue weighted by Crippen LogP contribution is -2.71. The second kappa shape index (κ2) is 7.91. The molecule has 172 valence electrons. The highest BCUT2D eigenvalue weighted by atomic mass is 35.5. The molecule has 0 spiro atoms.